The van der Waals surface area contributed by atoms with Crippen LogP contribution in [0.15, 0.2) is 47.0 Å². The van der Waals surface area contributed by atoms with Gasteiger partial charge in [0.05, 0.1) is 20.3 Å². The summed E-state index contributed by atoms with van der Waals surface area (Å²) in [4.78, 5) is 19.0. The van der Waals surface area contributed by atoms with Crippen LogP contribution in [0.1, 0.15) is 37.6 Å². The Morgan fingerprint density at radius 3 is 2.69 bits per heavy atom. The number of rotatable bonds is 9. The molecule has 1 aromatic heterocycles. The summed E-state index contributed by atoms with van der Waals surface area (Å²) in [5.74, 6) is 3.02. The number of nitrogens with zero attached hydrogens (tertiary/aromatic N) is 3. The summed E-state index contributed by atoms with van der Waals surface area (Å²) in [7, 11) is 1.61. The largest absolute Gasteiger partial charge is 0.497 e. The molecule has 8 heteroatoms. The van der Waals surface area contributed by atoms with Gasteiger partial charge in [-0.1, -0.05) is 17.3 Å². The summed E-state index contributed by atoms with van der Waals surface area (Å²) in [6.45, 7) is 6.00. The van der Waals surface area contributed by atoms with E-state index in [0.29, 0.717) is 61.7 Å². The molecule has 1 fully saturated rings. The smallest absolute Gasteiger partial charge is 0.258 e. The minimum Gasteiger partial charge on any atom is -0.497 e. The Morgan fingerprint density at radius 1 is 1.09 bits per heavy atom. The fourth-order valence-electron chi connectivity index (χ4n) is 3.79. The Morgan fingerprint density at radius 2 is 1.91 bits per heavy atom. The summed E-state index contributed by atoms with van der Waals surface area (Å²) in [6, 6.07) is 13.2. The summed E-state index contributed by atoms with van der Waals surface area (Å²) < 4.78 is 22.0. The molecule has 8 nitrogen and oxygen atoms in total. The van der Waals surface area contributed by atoms with Gasteiger partial charge in [0.25, 0.3) is 5.89 Å². The monoisotopic (exact) mass is 437 g/mol. The van der Waals surface area contributed by atoms with E-state index in [1.807, 2.05) is 61.2 Å². The van der Waals surface area contributed by atoms with Crippen molar-refractivity contribution in [3.05, 3.63) is 53.9 Å². The van der Waals surface area contributed by atoms with Gasteiger partial charge in [-0.25, -0.2) is 0 Å². The number of benzene rings is 2. The molecule has 0 bridgehead atoms. The Balaban J connectivity index is 1.46. The third-order valence-corrected chi connectivity index (χ3v) is 5.32. The summed E-state index contributed by atoms with van der Waals surface area (Å²) >= 11 is 0. The van der Waals surface area contributed by atoms with Crippen molar-refractivity contribution in [3.8, 4) is 28.7 Å². The van der Waals surface area contributed by atoms with Crippen LogP contribution in [0, 0.1) is 0 Å². The van der Waals surface area contributed by atoms with Crippen LogP contribution < -0.4 is 14.2 Å². The lowest BCUT2D eigenvalue weighted by molar-refractivity contribution is -0.128. The molecule has 0 spiro atoms. The molecule has 2 heterocycles. The Labute approximate surface area is 187 Å². The number of likely N-dealkylation sites (tertiary alicyclic amines) is 1. The highest BCUT2D eigenvalue weighted by Crippen LogP contribution is 2.32. The van der Waals surface area contributed by atoms with Gasteiger partial charge in [-0.3, -0.25) is 4.79 Å². The maximum absolute atomic E-state index is 12.7. The van der Waals surface area contributed by atoms with Gasteiger partial charge in [-0.2, -0.15) is 4.98 Å². The van der Waals surface area contributed by atoms with Crippen molar-refractivity contribution in [1.29, 1.82) is 0 Å². The molecular formula is C24H27N3O5. The van der Waals surface area contributed by atoms with Gasteiger partial charge >= 0.3 is 0 Å². The first-order chi connectivity index (χ1) is 15.6. The highest BCUT2D eigenvalue weighted by Gasteiger charge is 2.34. The quantitative estimate of drug-likeness (QED) is 0.499. The fraction of sp³-hybridized carbons (Fsp3) is 0.375. The zero-order valence-corrected chi connectivity index (χ0v) is 18.5. The average molecular weight is 437 g/mol. The molecule has 4 rings (SSSR count). The molecule has 1 atom stereocenters. The van der Waals surface area contributed by atoms with Gasteiger partial charge in [-0.05, 0) is 49.7 Å². The van der Waals surface area contributed by atoms with Crippen LogP contribution in [0.4, 0.5) is 0 Å². The van der Waals surface area contributed by atoms with Crippen molar-refractivity contribution >= 4 is 5.91 Å². The molecular weight excluding hydrogens is 410 g/mol. The molecule has 0 aliphatic carbocycles. The second-order valence-corrected chi connectivity index (χ2v) is 7.51. The molecule has 0 N–H and O–H groups in total. The Hall–Kier alpha value is -3.55. The molecule has 3 aromatic rings. The molecule has 1 aliphatic rings. The zero-order chi connectivity index (χ0) is 22.5. The van der Waals surface area contributed by atoms with Crippen LogP contribution in [-0.4, -0.2) is 47.8 Å². The van der Waals surface area contributed by atoms with Gasteiger partial charge in [0.1, 0.15) is 5.75 Å². The molecule has 1 amide bonds. The van der Waals surface area contributed by atoms with Crippen LogP contribution in [0.5, 0.6) is 17.2 Å². The number of aromatic nitrogens is 2. The number of carbonyl (C=O) groups excluding carboxylic acids is 1. The zero-order valence-electron chi connectivity index (χ0n) is 18.5. The Bertz CT molecular complexity index is 1080. The second-order valence-electron chi connectivity index (χ2n) is 7.51. The first kappa shape index (κ1) is 21.7. The lowest BCUT2D eigenvalue weighted by Crippen LogP contribution is -2.24. The summed E-state index contributed by atoms with van der Waals surface area (Å²) in [6.07, 6.45) is 0.354. The minimum absolute atomic E-state index is 0.0644. The highest BCUT2D eigenvalue weighted by atomic mass is 16.5. The molecule has 168 valence electrons. The van der Waals surface area contributed by atoms with Crippen molar-refractivity contribution in [2.45, 2.75) is 32.7 Å². The van der Waals surface area contributed by atoms with E-state index >= 15 is 0 Å². The van der Waals surface area contributed by atoms with Crippen LogP contribution in [0.25, 0.3) is 11.5 Å². The lowest BCUT2D eigenvalue weighted by Gasteiger charge is -2.18. The van der Waals surface area contributed by atoms with Crippen LogP contribution in [0.3, 0.4) is 0 Å². The number of amides is 1. The maximum atomic E-state index is 12.7. The summed E-state index contributed by atoms with van der Waals surface area (Å²) in [5, 5.41) is 4.13. The highest BCUT2D eigenvalue weighted by molar-refractivity contribution is 5.79. The number of carbonyl (C=O) groups is 1. The van der Waals surface area contributed by atoms with Crippen molar-refractivity contribution in [1.82, 2.24) is 15.0 Å². The fourth-order valence-corrected chi connectivity index (χ4v) is 3.79. The third-order valence-electron chi connectivity index (χ3n) is 5.32. The predicted octanol–water partition coefficient (Wildman–Crippen LogP) is 4.06. The van der Waals surface area contributed by atoms with E-state index in [2.05, 4.69) is 10.1 Å². The summed E-state index contributed by atoms with van der Waals surface area (Å²) in [5.41, 5.74) is 1.76. The number of ether oxygens (including phenoxy) is 3. The van der Waals surface area contributed by atoms with Gasteiger partial charge < -0.3 is 23.6 Å². The van der Waals surface area contributed by atoms with E-state index < -0.39 is 0 Å². The van der Waals surface area contributed by atoms with Gasteiger partial charge in [0.15, 0.2) is 17.3 Å². The van der Waals surface area contributed by atoms with Crippen molar-refractivity contribution < 1.29 is 23.5 Å². The van der Waals surface area contributed by atoms with E-state index in [1.54, 1.807) is 7.11 Å². The van der Waals surface area contributed by atoms with E-state index in [4.69, 9.17) is 18.7 Å². The maximum Gasteiger partial charge on any atom is 0.258 e. The van der Waals surface area contributed by atoms with E-state index in [1.165, 1.54) is 0 Å². The number of hydrogen-bond donors (Lipinski definition) is 0. The van der Waals surface area contributed by atoms with Gasteiger partial charge in [0, 0.05) is 31.0 Å². The molecule has 1 unspecified atom stereocenters. The molecule has 0 radical (unpaired) electrons. The van der Waals surface area contributed by atoms with Crippen molar-refractivity contribution in [2.24, 2.45) is 0 Å². The number of methoxy groups -OCH3 is 1. The van der Waals surface area contributed by atoms with Crippen molar-refractivity contribution in [3.63, 3.8) is 0 Å². The normalized spacial score (nSPS) is 15.8. The third kappa shape index (κ3) is 4.69. The van der Waals surface area contributed by atoms with Gasteiger partial charge in [0.2, 0.25) is 5.91 Å². The van der Waals surface area contributed by atoms with E-state index in [-0.39, 0.29) is 11.8 Å². The van der Waals surface area contributed by atoms with Crippen LogP contribution in [0.2, 0.25) is 0 Å². The van der Waals surface area contributed by atoms with Crippen molar-refractivity contribution in [2.75, 3.05) is 26.9 Å². The second kappa shape index (κ2) is 9.72. The molecule has 1 aliphatic heterocycles. The number of hydrogen-bond acceptors (Lipinski definition) is 7. The SMILES string of the molecule is CCOc1ccc(CN2CC(c3noc(-c4cccc(OC)c4)n3)CC2=O)cc1OCC. The van der Waals surface area contributed by atoms with E-state index in [9.17, 15) is 4.79 Å². The van der Waals surface area contributed by atoms with Crippen LogP contribution in [-0.2, 0) is 11.3 Å². The Kier molecular flexibility index (Phi) is 6.58. The van der Waals surface area contributed by atoms with Gasteiger partial charge in [-0.15, -0.1) is 0 Å². The lowest BCUT2D eigenvalue weighted by atomic mass is 10.1. The van der Waals surface area contributed by atoms with Crippen LogP contribution >= 0.6 is 0 Å². The molecule has 1 saturated heterocycles. The predicted molar refractivity (Wildman–Crippen MR) is 118 cm³/mol. The molecule has 32 heavy (non-hydrogen) atoms. The minimum atomic E-state index is -0.111. The first-order valence-corrected chi connectivity index (χ1v) is 10.8. The average Bonchev–Trinajstić information content (AvgIpc) is 3.43. The standard InChI is InChI=1S/C24H27N3O5/c1-4-30-20-10-9-16(11-21(20)31-5-2)14-27-15-18(13-22(27)28)23-25-24(32-26-23)17-7-6-8-19(12-17)29-3/h6-12,18H,4-5,13-15H2,1-3H3. The topological polar surface area (TPSA) is 86.9 Å². The van der Waals surface area contributed by atoms with E-state index in [0.717, 1.165) is 11.1 Å². The molecule has 2 aromatic carbocycles. The first-order valence-electron chi connectivity index (χ1n) is 10.8. The molecule has 0 saturated carbocycles.